The van der Waals surface area contributed by atoms with Crippen LogP contribution < -0.4 is 5.32 Å². The molecule has 5 aliphatic carbocycles. The van der Waals surface area contributed by atoms with E-state index >= 15 is 0 Å². The minimum atomic E-state index is -0.973. The van der Waals surface area contributed by atoms with Crippen molar-refractivity contribution >= 4 is 18.0 Å². The molecular formula is C35H57NO6. The Labute approximate surface area is 253 Å². The zero-order valence-corrected chi connectivity index (χ0v) is 27.5. The molecule has 5 rings (SSSR count). The molecule has 0 unspecified atom stereocenters. The molecule has 1 amide bonds. The quantitative estimate of drug-likeness (QED) is 0.313. The molecule has 0 radical (unpaired) electrons. The van der Waals surface area contributed by atoms with Crippen molar-refractivity contribution in [2.24, 2.45) is 62.6 Å². The van der Waals surface area contributed by atoms with Gasteiger partial charge in [0.05, 0.1) is 12.0 Å². The smallest absolute Gasteiger partial charge is 0.480 e. The molecular weight excluding hydrogens is 530 g/mol. The highest BCUT2D eigenvalue weighted by atomic mass is 16.7. The highest BCUT2D eigenvalue weighted by molar-refractivity contribution is 5.86. The van der Waals surface area contributed by atoms with Crippen molar-refractivity contribution < 1.29 is 29.0 Å². The molecule has 0 aromatic carbocycles. The summed E-state index contributed by atoms with van der Waals surface area (Å²) in [6.45, 7) is 18.8. The van der Waals surface area contributed by atoms with Crippen molar-refractivity contribution in [1.82, 2.24) is 5.32 Å². The van der Waals surface area contributed by atoms with Gasteiger partial charge in [-0.15, -0.1) is 0 Å². The first-order valence-corrected chi connectivity index (χ1v) is 16.9. The monoisotopic (exact) mass is 587 g/mol. The fraction of sp³-hybridized carbons (Fsp3) is 0.914. The molecule has 0 heterocycles. The third-order valence-electron chi connectivity index (χ3n) is 14.6. The Morgan fingerprint density at radius 1 is 0.857 bits per heavy atom. The Morgan fingerprint density at radius 3 is 2.21 bits per heavy atom. The van der Waals surface area contributed by atoms with Crippen molar-refractivity contribution in [3.63, 3.8) is 0 Å². The third-order valence-corrected chi connectivity index (χ3v) is 14.6. The van der Waals surface area contributed by atoms with E-state index in [2.05, 4.69) is 53.8 Å². The molecule has 5 saturated carbocycles. The van der Waals surface area contributed by atoms with E-state index < -0.39 is 17.5 Å². The SMILES string of the molecule is CCOC(=O)O[C@@H]1CC[C@]2(C)[C@H]3CC[C@@H]4[C@H]5[C@H](C(C)C)CC[C@]5(C(=O)NCC(=O)O)CC[C@@]4(C)[C@]3(C)CC[C@H]2C1(C)C. The second-order valence-electron chi connectivity index (χ2n) is 16.5. The number of carboxylic acids is 1. The van der Waals surface area contributed by atoms with Gasteiger partial charge < -0.3 is 19.9 Å². The fourth-order valence-electron chi connectivity index (χ4n) is 12.6. The van der Waals surface area contributed by atoms with Gasteiger partial charge in [-0.1, -0.05) is 48.5 Å². The van der Waals surface area contributed by atoms with Gasteiger partial charge in [0.1, 0.15) is 12.6 Å². The van der Waals surface area contributed by atoms with Crippen molar-refractivity contribution in [3.05, 3.63) is 0 Å². The van der Waals surface area contributed by atoms with Crippen molar-refractivity contribution in [2.75, 3.05) is 13.2 Å². The Hall–Kier alpha value is -1.79. The van der Waals surface area contributed by atoms with Gasteiger partial charge in [0.2, 0.25) is 5.91 Å². The molecule has 0 aliphatic heterocycles. The molecule has 5 fully saturated rings. The predicted molar refractivity (Wildman–Crippen MR) is 162 cm³/mol. The van der Waals surface area contributed by atoms with Crippen LogP contribution in [0, 0.1) is 62.6 Å². The lowest BCUT2D eigenvalue weighted by atomic mass is 9.32. The van der Waals surface area contributed by atoms with E-state index in [1.807, 2.05) is 6.92 Å². The van der Waals surface area contributed by atoms with Crippen LogP contribution in [0.5, 0.6) is 0 Å². The number of aliphatic carboxylic acids is 1. The van der Waals surface area contributed by atoms with E-state index in [-0.39, 0.29) is 40.2 Å². The first kappa shape index (κ1) is 31.6. The summed E-state index contributed by atoms with van der Waals surface area (Å²) in [5, 5.41) is 12.2. The maximum Gasteiger partial charge on any atom is 0.508 e. The summed E-state index contributed by atoms with van der Waals surface area (Å²) in [4.78, 5) is 37.6. The molecule has 42 heavy (non-hydrogen) atoms. The van der Waals surface area contributed by atoms with E-state index in [4.69, 9.17) is 9.47 Å². The predicted octanol–water partition coefficient (Wildman–Crippen LogP) is 7.47. The third kappa shape index (κ3) is 4.44. The average Bonchev–Trinajstić information content (AvgIpc) is 3.31. The van der Waals surface area contributed by atoms with Gasteiger partial charge in [-0.25, -0.2) is 4.79 Å². The summed E-state index contributed by atoms with van der Waals surface area (Å²) in [6.07, 6.45) is 9.72. The molecule has 10 atom stereocenters. The Balaban J connectivity index is 1.46. The molecule has 0 spiro atoms. The highest BCUT2D eigenvalue weighted by Gasteiger charge is 2.72. The van der Waals surface area contributed by atoms with E-state index in [1.165, 1.54) is 6.42 Å². The highest BCUT2D eigenvalue weighted by Crippen LogP contribution is 2.77. The lowest BCUT2D eigenvalue weighted by Crippen LogP contribution is -2.67. The van der Waals surface area contributed by atoms with Gasteiger partial charge in [0, 0.05) is 5.41 Å². The van der Waals surface area contributed by atoms with Crippen molar-refractivity contribution in [1.29, 1.82) is 0 Å². The van der Waals surface area contributed by atoms with Crippen LogP contribution >= 0.6 is 0 Å². The number of carboxylic acid groups (broad SMARTS) is 1. The van der Waals surface area contributed by atoms with Crippen LogP contribution in [0.15, 0.2) is 0 Å². The normalized spacial score (nSPS) is 45.5. The van der Waals surface area contributed by atoms with E-state index in [1.54, 1.807) is 0 Å². The molecule has 0 bridgehead atoms. The second kappa shape index (κ2) is 10.7. The van der Waals surface area contributed by atoms with Gasteiger partial charge in [0.15, 0.2) is 0 Å². The van der Waals surface area contributed by atoms with Gasteiger partial charge in [0.25, 0.3) is 0 Å². The number of hydrogen-bond donors (Lipinski definition) is 2. The maximum atomic E-state index is 13.9. The number of ether oxygens (including phenoxy) is 2. The zero-order chi connectivity index (χ0) is 30.9. The fourth-order valence-corrected chi connectivity index (χ4v) is 12.6. The molecule has 0 aromatic heterocycles. The summed E-state index contributed by atoms with van der Waals surface area (Å²) in [6, 6.07) is 0. The lowest BCUT2D eigenvalue weighted by Gasteiger charge is -2.73. The number of rotatable bonds is 6. The van der Waals surface area contributed by atoms with E-state index in [9.17, 15) is 19.5 Å². The summed E-state index contributed by atoms with van der Waals surface area (Å²) in [5.74, 6) is 1.83. The minimum absolute atomic E-state index is 0.00952. The summed E-state index contributed by atoms with van der Waals surface area (Å²) >= 11 is 0. The van der Waals surface area contributed by atoms with Crippen LogP contribution in [0.3, 0.4) is 0 Å². The molecule has 0 aromatic rings. The lowest BCUT2D eigenvalue weighted by molar-refractivity contribution is -0.248. The molecule has 238 valence electrons. The molecule has 0 saturated heterocycles. The van der Waals surface area contributed by atoms with Crippen LogP contribution in [0.2, 0.25) is 0 Å². The van der Waals surface area contributed by atoms with Crippen LogP contribution in [-0.4, -0.2) is 42.4 Å². The molecule has 2 N–H and O–H groups in total. The number of nitrogens with one attached hydrogen (secondary N) is 1. The second-order valence-corrected chi connectivity index (χ2v) is 16.5. The first-order valence-electron chi connectivity index (χ1n) is 16.9. The van der Waals surface area contributed by atoms with Crippen LogP contribution in [0.25, 0.3) is 0 Å². The van der Waals surface area contributed by atoms with E-state index in [0.29, 0.717) is 42.1 Å². The molecule has 7 nitrogen and oxygen atoms in total. The Kier molecular flexibility index (Phi) is 8.04. The molecule has 7 heteroatoms. The standard InChI is InChI=1S/C35H57NO6/c1-9-41-30(40)42-26-14-15-32(6)24(31(26,4)5)13-16-34(8)25(32)11-10-23-28-22(21(2)3)12-17-35(28,19-18-33(23,34)7)29(39)36-20-27(37)38/h21-26,28H,9-20H2,1-8H3,(H,36,39)(H,37,38)/t22-,23+,24-,25+,26+,28+,32-,33+,34+,35-/m0/s1. The topological polar surface area (TPSA) is 102 Å². The number of carbonyl (C=O) groups excluding carboxylic acids is 2. The van der Waals surface area contributed by atoms with Crippen LogP contribution in [0.4, 0.5) is 4.79 Å². The zero-order valence-electron chi connectivity index (χ0n) is 27.5. The minimum Gasteiger partial charge on any atom is -0.480 e. The van der Waals surface area contributed by atoms with E-state index in [0.717, 1.165) is 57.8 Å². The van der Waals surface area contributed by atoms with Crippen LogP contribution in [0.1, 0.15) is 120 Å². The van der Waals surface area contributed by atoms with Crippen LogP contribution in [-0.2, 0) is 19.1 Å². The Morgan fingerprint density at radius 2 is 1.57 bits per heavy atom. The number of fused-ring (bicyclic) bond motifs is 7. The summed E-state index contributed by atoms with van der Waals surface area (Å²) in [7, 11) is 0. The first-order chi connectivity index (χ1) is 19.6. The van der Waals surface area contributed by atoms with Crippen molar-refractivity contribution in [3.8, 4) is 0 Å². The van der Waals surface area contributed by atoms with Gasteiger partial charge in [-0.2, -0.15) is 0 Å². The summed E-state index contributed by atoms with van der Waals surface area (Å²) in [5.41, 5.74) is -0.106. The van der Waals surface area contributed by atoms with Gasteiger partial charge >= 0.3 is 12.1 Å². The summed E-state index contributed by atoms with van der Waals surface area (Å²) < 4.78 is 11.1. The maximum absolute atomic E-state index is 13.9. The van der Waals surface area contributed by atoms with Gasteiger partial charge in [-0.05, 0) is 123 Å². The molecule has 5 aliphatic rings. The van der Waals surface area contributed by atoms with Gasteiger partial charge in [-0.3, -0.25) is 9.59 Å². The largest absolute Gasteiger partial charge is 0.508 e. The Bertz CT molecular complexity index is 1090. The number of hydrogen-bond acceptors (Lipinski definition) is 5. The van der Waals surface area contributed by atoms with Crippen molar-refractivity contribution in [2.45, 2.75) is 126 Å². The number of amides is 1. The number of carbonyl (C=O) groups is 3. The average molecular weight is 588 g/mol.